The molecule has 0 spiro atoms. The van der Waals surface area contributed by atoms with Crippen molar-refractivity contribution in [2.75, 3.05) is 19.3 Å². The SMILES string of the molecule is CS(=O)(=O)N1CC2CC1CN2Cc1ccc(Oc2nc3ccc(Cl)cc3s2)cc1. The van der Waals surface area contributed by atoms with Gasteiger partial charge in [0.05, 0.1) is 16.5 Å². The van der Waals surface area contributed by atoms with Gasteiger partial charge in [0.1, 0.15) is 5.75 Å². The van der Waals surface area contributed by atoms with Crippen molar-refractivity contribution in [3.8, 4) is 10.9 Å². The van der Waals surface area contributed by atoms with Crippen molar-refractivity contribution in [3.05, 3.63) is 53.1 Å². The topological polar surface area (TPSA) is 62.7 Å². The second kappa shape index (κ2) is 7.21. The van der Waals surface area contributed by atoms with E-state index in [0.29, 0.717) is 22.8 Å². The van der Waals surface area contributed by atoms with E-state index in [4.69, 9.17) is 16.3 Å². The Labute approximate surface area is 178 Å². The fourth-order valence-electron chi connectivity index (χ4n) is 4.23. The molecule has 0 saturated carbocycles. The lowest BCUT2D eigenvalue weighted by atomic mass is 10.2. The number of thiazole rings is 1. The first-order valence-corrected chi connectivity index (χ1v) is 12.4. The maximum atomic E-state index is 11.8. The summed E-state index contributed by atoms with van der Waals surface area (Å²) < 4.78 is 32.2. The number of halogens is 1. The van der Waals surface area contributed by atoms with E-state index in [1.165, 1.54) is 23.2 Å². The van der Waals surface area contributed by atoms with E-state index in [1.54, 1.807) is 4.31 Å². The molecule has 29 heavy (non-hydrogen) atoms. The minimum atomic E-state index is -3.10. The maximum absolute atomic E-state index is 11.8. The monoisotopic (exact) mass is 449 g/mol. The molecule has 5 rings (SSSR count). The van der Waals surface area contributed by atoms with E-state index in [1.807, 2.05) is 30.3 Å². The molecule has 3 heterocycles. The smallest absolute Gasteiger partial charge is 0.279 e. The van der Waals surface area contributed by atoms with E-state index in [9.17, 15) is 8.42 Å². The molecule has 9 heteroatoms. The van der Waals surface area contributed by atoms with Crippen LogP contribution in [0.4, 0.5) is 0 Å². The van der Waals surface area contributed by atoms with Crippen LogP contribution in [0.15, 0.2) is 42.5 Å². The van der Waals surface area contributed by atoms with Gasteiger partial charge in [0.25, 0.3) is 5.19 Å². The molecule has 0 aliphatic carbocycles. The van der Waals surface area contributed by atoms with Crippen LogP contribution < -0.4 is 4.74 Å². The van der Waals surface area contributed by atoms with Crippen molar-refractivity contribution in [2.24, 2.45) is 0 Å². The lowest BCUT2D eigenvalue weighted by molar-refractivity contribution is 0.175. The van der Waals surface area contributed by atoms with E-state index in [-0.39, 0.29) is 6.04 Å². The molecule has 0 radical (unpaired) electrons. The summed E-state index contributed by atoms with van der Waals surface area (Å²) >= 11 is 7.50. The van der Waals surface area contributed by atoms with Crippen LogP contribution >= 0.6 is 22.9 Å². The Kier molecular flexibility index (Phi) is 4.79. The molecule has 2 fully saturated rings. The zero-order chi connectivity index (χ0) is 20.2. The highest BCUT2D eigenvalue weighted by Crippen LogP contribution is 2.35. The van der Waals surface area contributed by atoms with Gasteiger partial charge in [0.2, 0.25) is 10.0 Å². The number of rotatable bonds is 5. The highest BCUT2D eigenvalue weighted by Gasteiger charge is 2.46. The molecule has 3 aromatic rings. The molecule has 2 unspecified atom stereocenters. The summed E-state index contributed by atoms with van der Waals surface area (Å²) in [4.78, 5) is 6.86. The summed E-state index contributed by atoms with van der Waals surface area (Å²) in [5.74, 6) is 0.741. The number of hydrogen-bond acceptors (Lipinski definition) is 6. The molecule has 0 N–H and O–H groups in total. The molecule has 1 aromatic heterocycles. The second-order valence-electron chi connectivity index (χ2n) is 7.64. The van der Waals surface area contributed by atoms with Gasteiger partial charge in [-0.1, -0.05) is 35.1 Å². The molecule has 2 aromatic carbocycles. The molecule has 2 saturated heterocycles. The molecule has 6 nitrogen and oxygen atoms in total. The Hall–Kier alpha value is -1.71. The fourth-order valence-corrected chi connectivity index (χ4v) is 6.48. The van der Waals surface area contributed by atoms with Gasteiger partial charge in [0, 0.05) is 36.7 Å². The van der Waals surface area contributed by atoms with E-state index in [0.717, 1.165) is 35.5 Å². The van der Waals surface area contributed by atoms with Crippen molar-refractivity contribution in [3.63, 3.8) is 0 Å². The van der Waals surface area contributed by atoms with Crippen LogP contribution in [0.1, 0.15) is 12.0 Å². The van der Waals surface area contributed by atoms with Gasteiger partial charge in [-0.2, -0.15) is 4.31 Å². The summed E-state index contributed by atoms with van der Waals surface area (Å²) in [6.07, 6.45) is 2.23. The summed E-state index contributed by atoms with van der Waals surface area (Å²) in [6, 6.07) is 14.0. The van der Waals surface area contributed by atoms with E-state index in [2.05, 4.69) is 22.0 Å². The maximum Gasteiger partial charge on any atom is 0.279 e. The molecule has 2 atom stereocenters. The van der Waals surface area contributed by atoms with Gasteiger partial charge in [-0.25, -0.2) is 13.4 Å². The Morgan fingerprint density at radius 2 is 1.97 bits per heavy atom. The first kappa shape index (κ1) is 19.3. The normalized spacial score (nSPS) is 22.6. The van der Waals surface area contributed by atoms with Crippen molar-refractivity contribution < 1.29 is 13.2 Å². The third-order valence-corrected chi connectivity index (χ3v) is 8.01. The lowest BCUT2D eigenvalue weighted by Gasteiger charge is -2.32. The van der Waals surface area contributed by atoms with Gasteiger partial charge in [-0.15, -0.1) is 0 Å². The standard InChI is InChI=1S/C20H20ClN3O3S2/c1-29(25,26)24-12-15-9-16(24)11-23(15)10-13-2-5-17(6-3-13)27-20-22-18-7-4-14(21)8-19(18)28-20/h2-8,15-16H,9-12H2,1H3. The number of nitrogens with zero attached hydrogens (tertiary/aromatic N) is 3. The average Bonchev–Trinajstić information content (AvgIpc) is 3.36. The molecular formula is C20H20ClN3O3S2. The Morgan fingerprint density at radius 1 is 1.17 bits per heavy atom. The van der Waals surface area contributed by atoms with Crippen LogP contribution in [0.2, 0.25) is 5.02 Å². The van der Waals surface area contributed by atoms with Crippen LogP contribution in [0, 0.1) is 0 Å². The number of piperazine rings is 1. The third-order valence-electron chi connectivity index (χ3n) is 5.57. The molecule has 2 bridgehead atoms. The number of aromatic nitrogens is 1. The van der Waals surface area contributed by atoms with Gasteiger partial charge >= 0.3 is 0 Å². The predicted molar refractivity (Wildman–Crippen MR) is 115 cm³/mol. The largest absolute Gasteiger partial charge is 0.431 e. The molecule has 2 aliphatic heterocycles. The lowest BCUT2D eigenvalue weighted by Crippen LogP contribution is -2.47. The minimum absolute atomic E-state index is 0.116. The molecule has 152 valence electrons. The van der Waals surface area contributed by atoms with Crippen LogP contribution in [-0.2, 0) is 16.6 Å². The molecular weight excluding hydrogens is 430 g/mol. The Morgan fingerprint density at radius 3 is 2.66 bits per heavy atom. The van der Waals surface area contributed by atoms with Crippen molar-refractivity contribution in [2.45, 2.75) is 25.0 Å². The number of hydrogen-bond donors (Lipinski definition) is 0. The summed E-state index contributed by atoms with van der Waals surface area (Å²) in [7, 11) is -3.10. The predicted octanol–water partition coefficient (Wildman–Crippen LogP) is 3.96. The summed E-state index contributed by atoms with van der Waals surface area (Å²) in [5.41, 5.74) is 2.06. The zero-order valence-corrected chi connectivity index (χ0v) is 18.2. The van der Waals surface area contributed by atoms with Crippen LogP contribution in [0.5, 0.6) is 10.9 Å². The quantitative estimate of drug-likeness (QED) is 0.590. The van der Waals surface area contributed by atoms with E-state index < -0.39 is 10.0 Å². The van der Waals surface area contributed by atoms with Gasteiger partial charge in [-0.05, 0) is 42.3 Å². The van der Waals surface area contributed by atoms with Crippen molar-refractivity contribution >= 4 is 43.2 Å². The van der Waals surface area contributed by atoms with Crippen molar-refractivity contribution in [1.82, 2.24) is 14.2 Å². The van der Waals surface area contributed by atoms with Crippen LogP contribution in [0.25, 0.3) is 10.2 Å². The van der Waals surface area contributed by atoms with Gasteiger partial charge in [-0.3, -0.25) is 4.90 Å². The van der Waals surface area contributed by atoms with Crippen LogP contribution in [0.3, 0.4) is 0 Å². The zero-order valence-electron chi connectivity index (χ0n) is 15.8. The third kappa shape index (κ3) is 3.87. The first-order chi connectivity index (χ1) is 13.8. The fraction of sp³-hybridized carbons (Fsp3) is 0.350. The number of fused-ring (bicyclic) bond motifs is 3. The minimum Gasteiger partial charge on any atom is -0.431 e. The molecule has 0 amide bonds. The first-order valence-electron chi connectivity index (χ1n) is 9.39. The summed E-state index contributed by atoms with van der Waals surface area (Å²) in [6.45, 7) is 2.22. The second-order valence-corrected chi connectivity index (χ2v) is 11.0. The van der Waals surface area contributed by atoms with Crippen LogP contribution in [-0.4, -0.2) is 54.0 Å². The number of sulfonamides is 1. The number of likely N-dealkylation sites (tertiary alicyclic amines) is 1. The molecule has 2 aliphatic rings. The summed E-state index contributed by atoms with van der Waals surface area (Å²) in [5, 5.41) is 1.28. The van der Waals surface area contributed by atoms with Crippen molar-refractivity contribution in [1.29, 1.82) is 0 Å². The van der Waals surface area contributed by atoms with Gasteiger partial charge in [0.15, 0.2) is 0 Å². The van der Waals surface area contributed by atoms with E-state index >= 15 is 0 Å². The van der Waals surface area contributed by atoms with Gasteiger partial charge < -0.3 is 4.74 Å². The number of ether oxygens (including phenoxy) is 1. The highest BCUT2D eigenvalue weighted by atomic mass is 35.5. The highest BCUT2D eigenvalue weighted by molar-refractivity contribution is 7.88. The Balaban J connectivity index is 1.23. The number of benzene rings is 2. The average molecular weight is 450 g/mol. The Bertz CT molecular complexity index is 1160.